The molecule has 0 unspecified atom stereocenters. The van der Waals surface area contributed by atoms with Gasteiger partial charge < -0.3 is 10.5 Å². The zero-order valence-corrected chi connectivity index (χ0v) is 12.4. The molecule has 0 saturated heterocycles. The van der Waals surface area contributed by atoms with Gasteiger partial charge in [0.05, 0.1) is 12.8 Å². The summed E-state index contributed by atoms with van der Waals surface area (Å²) in [6, 6.07) is 5.53. The molecule has 0 spiro atoms. The van der Waals surface area contributed by atoms with Crippen molar-refractivity contribution in [1.82, 2.24) is 9.55 Å². The maximum Gasteiger partial charge on any atom is 0.360 e. The molecule has 5 nitrogen and oxygen atoms in total. The molecule has 0 fully saturated rings. The second kappa shape index (κ2) is 5.54. The van der Waals surface area contributed by atoms with Crippen molar-refractivity contribution in [3.8, 4) is 5.69 Å². The van der Waals surface area contributed by atoms with Crippen molar-refractivity contribution in [3.63, 3.8) is 0 Å². The van der Waals surface area contributed by atoms with Gasteiger partial charge in [0, 0.05) is 11.4 Å². The first-order chi connectivity index (χ1) is 9.51. The lowest BCUT2D eigenvalue weighted by atomic mass is 10.2. The molecule has 0 bridgehead atoms. The quantitative estimate of drug-likeness (QED) is 0.883. The monoisotopic (exact) mass is 293 g/mol. The summed E-state index contributed by atoms with van der Waals surface area (Å²) in [5, 5.41) is 0.636. The molecule has 0 aliphatic carbocycles. The summed E-state index contributed by atoms with van der Waals surface area (Å²) in [7, 11) is 1.30. The van der Waals surface area contributed by atoms with Crippen molar-refractivity contribution >= 4 is 23.4 Å². The third-order valence-corrected chi connectivity index (χ3v) is 3.57. The molecule has 0 aliphatic rings. The van der Waals surface area contributed by atoms with Gasteiger partial charge in [-0.15, -0.1) is 0 Å². The van der Waals surface area contributed by atoms with Gasteiger partial charge in [0.1, 0.15) is 11.6 Å². The van der Waals surface area contributed by atoms with Gasteiger partial charge in [-0.25, -0.2) is 9.78 Å². The number of aromatic nitrogens is 2. The Hall–Kier alpha value is -2.01. The summed E-state index contributed by atoms with van der Waals surface area (Å²) in [6.07, 6.45) is 0.632. The molecule has 6 heteroatoms. The molecule has 0 amide bonds. The number of esters is 1. The largest absolute Gasteiger partial charge is 0.464 e. The van der Waals surface area contributed by atoms with E-state index in [9.17, 15) is 4.79 Å². The minimum atomic E-state index is -0.546. The molecular formula is C14H16ClN3O2. The number of hydrogen-bond acceptors (Lipinski definition) is 4. The molecule has 2 N–H and O–H groups in total. The standard InChI is InChI=1S/C14H16ClN3O2/c1-4-11-17-12(14(19)20-3)13(16)18(11)10-7-5-6-9(15)8(10)2/h5-7H,4,16H2,1-3H3. The molecule has 2 aromatic rings. The van der Waals surface area contributed by atoms with Gasteiger partial charge in [0.15, 0.2) is 5.69 Å². The fourth-order valence-corrected chi connectivity index (χ4v) is 2.24. The topological polar surface area (TPSA) is 70.1 Å². The van der Waals surface area contributed by atoms with Crippen molar-refractivity contribution in [1.29, 1.82) is 0 Å². The van der Waals surface area contributed by atoms with Crippen LogP contribution < -0.4 is 5.73 Å². The van der Waals surface area contributed by atoms with Gasteiger partial charge in [-0.2, -0.15) is 0 Å². The highest BCUT2D eigenvalue weighted by Crippen LogP contribution is 2.27. The Morgan fingerprint density at radius 1 is 1.50 bits per heavy atom. The number of rotatable bonds is 3. The molecule has 2 rings (SSSR count). The van der Waals surface area contributed by atoms with E-state index in [1.807, 2.05) is 26.0 Å². The van der Waals surface area contributed by atoms with Crippen LogP contribution in [0.4, 0.5) is 5.82 Å². The summed E-state index contributed by atoms with van der Waals surface area (Å²) < 4.78 is 6.44. The maximum atomic E-state index is 11.7. The van der Waals surface area contributed by atoms with E-state index in [2.05, 4.69) is 4.98 Å². The van der Waals surface area contributed by atoms with Gasteiger partial charge in [0.25, 0.3) is 0 Å². The zero-order valence-electron chi connectivity index (χ0n) is 11.6. The summed E-state index contributed by atoms with van der Waals surface area (Å²) in [6.45, 7) is 3.84. The molecule has 1 heterocycles. The number of aryl methyl sites for hydroxylation is 1. The van der Waals surface area contributed by atoms with Crippen molar-refractivity contribution in [2.75, 3.05) is 12.8 Å². The Morgan fingerprint density at radius 2 is 2.20 bits per heavy atom. The molecular weight excluding hydrogens is 278 g/mol. The number of hydrogen-bond donors (Lipinski definition) is 1. The first-order valence-corrected chi connectivity index (χ1v) is 6.59. The zero-order chi connectivity index (χ0) is 14.9. The third-order valence-electron chi connectivity index (χ3n) is 3.16. The Bertz CT molecular complexity index is 665. The molecule has 1 aromatic heterocycles. The highest BCUT2D eigenvalue weighted by Gasteiger charge is 2.22. The number of halogens is 1. The van der Waals surface area contributed by atoms with Gasteiger partial charge in [-0.1, -0.05) is 24.6 Å². The average Bonchev–Trinajstić information content (AvgIpc) is 2.78. The van der Waals surface area contributed by atoms with Crippen LogP contribution in [0.2, 0.25) is 5.02 Å². The number of anilines is 1. The molecule has 0 saturated carbocycles. The number of benzene rings is 1. The van der Waals surface area contributed by atoms with Crippen LogP contribution in [0.1, 0.15) is 28.8 Å². The van der Waals surface area contributed by atoms with E-state index >= 15 is 0 Å². The Kier molecular flexibility index (Phi) is 3.99. The summed E-state index contributed by atoms with van der Waals surface area (Å²) >= 11 is 6.14. The van der Waals surface area contributed by atoms with Crippen LogP contribution in [0.25, 0.3) is 5.69 Å². The van der Waals surface area contributed by atoms with E-state index in [1.54, 1.807) is 10.6 Å². The van der Waals surface area contributed by atoms with E-state index in [0.717, 1.165) is 11.3 Å². The second-order valence-electron chi connectivity index (χ2n) is 4.33. The number of carbonyl (C=O) groups is 1. The van der Waals surface area contributed by atoms with E-state index in [0.29, 0.717) is 17.3 Å². The summed E-state index contributed by atoms with van der Waals surface area (Å²) in [5.41, 5.74) is 7.89. The maximum absolute atomic E-state index is 11.7. The van der Waals surface area contributed by atoms with Crippen LogP contribution in [-0.4, -0.2) is 22.6 Å². The lowest BCUT2D eigenvalue weighted by Gasteiger charge is -2.12. The minimum absolute atomic E-state index is 0.128. The number of imidazole rings is 1. The fraction of sp³-hybridized carbons (Fsp3) is 0.286. The third kappa shape index (κ3) is 2.25. The van der Waals surface area contributed by atoms with Gasteiger partial charge in [-0.3, -0.25) is 4.57 Å². The smallest absolute Gasteiger partial charge is 0.360 e. The Morgan fingerprint density at radius 3 is 2.80 bits per heavy atom. The van der Waals surface area contributed by atoms with Crippen LogP contribution in [0.15, 0.2) is 18.2 Å². The molecule has 106 valence electrons. The Labute approximate surface area is 122 Å². The van der Waals surface area contributed by atoms with Crippen LogP contribution in [0.5, 0.6) is 0 Å². The van der Waals surface area contributed by atoms with Crippen LogP contribution in [0, 0.1) is 6.92 Å². The van der Waals surface area contributed by atoms with Crippen molar-refractivity contribution in [2.24, 2.45) is 0 Å². The van der Waals surface area contributed by atoms with Gasteiger partial charge in [-0.05, 0) is 24.6 Å². The van der Waals surface area contributed by atoms with Crippen LogP contribution in [0.3, 0.4) is 0 Å². The predicted molar refractivity (Wildman–Crippen MR) is 78.4 cm³/mol. The van der Waals surface area contributed by atoms with E-state index < -0.39 is 5.97 Å². The molecule has 0 radical (unpaired) electrons. The SMILES string of the molecule is CCc1nc(C(=O)OC)c(N)n1-c1cccc(Cl)c1C. The molecule has 1 aromatic carbocycles. The summed E-state index contributed by atoms with van der Waals surface area (Å²) in [5.74, 6) is 0.406. The van der Waals surface area contributed by atoms with Crippen LogP contribution >= 0.6 is 11.6 Å². The van der Waals surface area contributed by atoms with Crippen molar-refractivity contribution in [3.05, 3.63) is 40.3 Å². The first kappa shape index (κ1) is 14.4. The molecule has 0 atom stereocenters. The van der Waals surface area contributed by atoms with Gasteiger partial charge >= 0.3 is 5.97 Å². The predicted octanol–water partition coefficient (Wildman–Crippen LogP) is 2.77. The lowest BCUT2D eigenvalue weighted by molar-refractivity contribution is 0.0596. The second-order valence-corrected chi connectivity index (χ2v) is 4.73. The van der Waals surface area contributed by atoms with Gasteiger partial charge in [0.2, 0.25) is 0 Å². The number of nitrogen functional groups attached to an aromatic ring is 1. The minimum Gasteiger partial charge on any atom is -0.464 e. The number of carbonyl (C=O) groups excluding carboxylic acids is 1. The van der Waals surface area contributed by atoms with Crippen LogP contribution in [-0.2, 0) is 11.2 Å². The number of methoxy groups -OCH3 is 1. The summed E-state index contributed by atoms with van der Waals surface area (Å²) in [4.78, 5) is 16.0. The lowest BCUT2D eigenvalue weighted by Crippen LogP contribution is -2.09. The van der Waals surface area contributed by atoms with E-state index in [4.69, 9.17) is 22.1 Å². The van der Waals surface area contributed by atoms with E-state index in [1.165, 1.54) is 7.11 Å². The number of ether oxygens (including phenoxy) is 1. The highest BCUT2D eigenvalue weighted by molar-refractivity contribution is 6.31. The average molecular weight is 294 g/mol. The molecule has 20 heavy (non-hydrogen) atoms. The number of nitrogens with two attached hydrogens (primary N) is 1. The van der Waals surface area contributed by atoms with Crippen molar-refractivity contribution < 1.29 is 9.53 Å². The number of nitrogens with zero attached hydrogens (tertiary/aromatic N) is 2. The molecule has 0 aliphatic heterocycles. The normalized spacial score (nSPS) is 10.6. The van der Waals surface area contributed by atoms with E-state index in [-0.39, 0.29) is 11.5 Å². The Balaban J connectivity index is 2.70. The van der Waals surface area contributed by atoms with Crippen molar-refractivity contribution in [2.45, 2.75) is 20.3 Å². The highest BCUT2D eigenvalue weighted by atomic mass is 35.5. The first-order valence-electron chi connectivity index (χ1n) is 6.22. The fourth-order valence-electron chi connectivity index (χ4n) is 2.07.